The Hall–Kier alpha value is -2.36. The third kappa shape index (κ3) is 3.33. The van der Waals surface area contributed by atoms with Gasteiger partial charge < -0.3 is 9.52 Å². The number of hydrogen-bond donors (Lipinski definition) is 1. The fraction of sp³-hybridized carbons (Fsp3) is 0.304. The molecule has 3 aromatic rings. The largest absolute Gasteiger partial charge is 0.472 e. The zero-order valence-electron chi connectivity index (χ0n) is 14.9. The van der Waals surface area contributed by atoms with Crippen molar-refractivity contribution in [2.24, 2.45) is 5.92 Å². The van der Waals surface area contributed by atoms with Crippen molar-refractivity contribution in [3.8, 4) is 0 Å². The van der Waals surface area contributed by atoms with E-state index in [1.54, 1.807) is 6.26 Å². The molecule has 3 heteroatoms. The molecule has 4 rings (SSSR count). The van der Waals surface area contributed by atoms with Crippen molar-refractivity contribution in [3.63, 3.8) is 0 Å². The summed E-state index contributed by atoms with van der Waals surface area (Å²) in [5.74, 6) is 0.202. The average molecular weight is 347 g/mol. The molecule has 1 aromatic heterocycles. The van der Waals surface area contributed by atoms with E-state index >= 15 is 0 Å². The van der Waals surface area contributed by atoms with Gasteiger partial charge in [0.15, 0.2) is 0 Å². The molecule has 0 saturated carbocycles. The fourth-order valence-electron chi connectivity index (χ4n) is 4.17. The second kappa shape index (κ2) is 7.48. The summed E-state index contributed by atoms with van der Waals surface area (Å²) in [4.78, 5) is 2.44. The van der Waals surface area contributed by atoms with Gasteiger partial charge in [0.25, 0.3) is 0 Å². The van der Waals surface area contributed by atoms with Gasteiger partial charge in [-0.15, -0.1) is 0 Å². The first-order valence-corrected chi connectivity index (χ1v) is 9.33. The van der Waals surface area contributed by atoms with Crippen LogP contribution >= 0.6 is 0 Å². The minimum atomic E-state index is -0.940. The molecule has 1 fully saturated rings. The smallest absolute Gasteiger partial charge is 0.117 e. The second-order valence-corrected chi connectivity index (χ2v) is 7.18. The molecule has 0 radical (unpaired) electrons. The lowest BCUT2D eigenvalue weighted by Crippen LogP contribution is -2.44. The summed E-state index contributed by atoms with van der Waals surface area (Å²) in [5.41, 5.74) is 2.24. The molecule has 1 N–H and O–H groups in total. The first kappa shape index (κ1) is 17.1. The first-order chi connectivity index (χ1) is 12.8. The molecule has 1 aliphatic rings. The van der Waals surface area contributed by atoms with Gasteiger partial charge in [0.2, 0.25) is 0 Å². The van der Waals surface area contributed by atoms with Crippen molar-refractivity contribution >= 4 is 0 Å². The fourth-order valence-corrected chi connectivity index (χ4v) is 4.17. The summed E-state index contributed by atoms with van der Waals surface area (Å²) in [7, 11) is 0. The van der Waals surface area contributed by atoms with Crippen LogP contribution in [0.2, 0.25) is 0 Å². The van der Waals surface area contributed by atoms with Crippen LogP contribution in [0.1, 0.15) is 29.5 Å². The highest BCUT2D eigenvalue weighted by Gasteiger charge is 2.41. The van der Waals surface area contributed by atoms with E-state index in [-0.39, 0.29) is 5.92 Å². The zero-order valence-corrected chi connectivity index (χ0v) is 14.9. The van der Waals surface area contributed by atoms with Gasteiger partial charge in [-0.25, -0.2) is 0 Å². The van der Waals surface area contributed by atoms with E-state index in [1.165, 1.54) is 5.56 Å². The van der Waals surface area contributed by atoms with Gasteiger partial charge >= 0.3 is 0 Å². The third-order valence-electron chi connectivity index (χ3n) is 5.59. The molecule has 26 heavy (non-hydrogen) atoms. The van der Waals surface area contributed by atoms with Crippen LogP contribution in [0.4, 0.5) is 0 Å². The number of aliphatic hydroxyl groups is 1. The van der Waals surface area contributed by atoms with Gasteiger partial charge in [0.05, 0.1) is 12.5 Å². The lowest BCUT2D eigenvalue weighted by Gasteiger charge is -2.42. The third-order valence-corrected chi connectivity index (χ3v) is 5.59. The monoisotopic (exact) mass is 347 g/mol. The first-order valence-electron chi connectivity index (χ1n) is 9.33. The molecule has 3 nitrogen and oxygen atoms in total. The van der Waals surface area contributed by atoms with Gasteiger partial charge in [-0.3, -0.25) is 4.90 Å². The maximum Gasteiger partial charge on any atom is 0.117 e. The molecule has 1 saturated heterocycles. The van der Waals surface area contributed by atoms with Gasteiger partial charge in [0.1, 0.15) is 5.60 Å². The molecule has 0 atom stereocenters. The van der Waals surface area contributed by atoms with E-state index in [9.17, 15) is 5.11 Å². The highest BCUT2D eigenvalue weighted by atomic mass is 16.3. The molecule has 0 aliphatic carbocycles. The SMILES string of the molecule is OC(c1ccccc1)(c1ccccc1)C1CCN(Cc2ccoc2)CC1. The standard InChI is InChI=1S/C23H25NO2/c25-23(20-7-3-1-4-8-20,21-9-5-2-6-10-21)22-11-14-24(15-12-22)17-19-13-16-26-18-19/h1-10,13,16,18,22,25H,11-12,14-15,17H2. The van der Waals surface area contributed by atoms with Crippen molar-refractivity contribution in [3.05, 3.63) is 95.9 Å². The van der Waals surface area contributed by atoms with Gasteiger partial charge in [0, 0.05) is 12.1 Å². The van der Waals surface area contributed by atoms with E-state index in [0.717, 1.165) is 43.6 Å². The van der Waals surface area contributed by atoms with Gasteiger partial charge in [-0.1, -0.05) is 60.7 Å². The number of piperidine rings is 1. The molecule has 1 aliphatic heterocycles. The Labute approximate surface area is 154 Å². The number of rotatable bonds is 5. The number of nitrogens with zero attached hydrogens (tertiary/aromatic N) is 1. The molecule has 2 aromatic carbocycles. The Morgan fingerprint density at radius 3 is 1.96 bits per heavy atom. The van der Waals surface area contributed by atoms with Crippen molar-refractivity contribution < 1.29 is 9.52 Å². The summed E-state index contributed by atoms with van der Waals surface area (Å²) in [5, 5.41) is 11.9. The number of likely N-dealkylation sites (tertiary alicyclic amines) is 1. The molecule has 0 bridgehead atoms. The highest BCUT2D eigenvalue weighted by Crippen LogP contribution is 2.42. The molecule has 0 amide bonds. The minimum absolute atomic E-state index is 0.202. The Balaban J connectivity index is 1.56. The van der Waals surface area contributed by atoms with Crippen LogP contribution in [0.3, 0.4) is 0 Å². The van der Waals surface area contributed by atoms with Gasteiger partial charge in [-0.2, -0.15) is 0 Å². The maximum absolute atomic E-state index is 11.9. The second-order valence-electron chi connectivity index (χ2n) is 7.18. The van der Waals surface area contributed by atoms with E-state index in [0.29, 0.717) is 0 Å². The van der Waals surface area contributed by atoms with E-state index in [4.69, 9.17) is 4.42 Å². The number of benzene rings is 2. The van der Waals surface area contributed by atoms with Crippen LogP contribution in [-0.4, -0.2) is 23.1 Å². The topological polar surface area (TPSA) is 36.6 Å². The van der Waals surface area contributed by atoms with Crippen LogP contribution < -0.4 is 0 Å². The summed E-state index contributed by atoms with van der Waals surface area (Å²) >= 11 is 0. The van der Waals surface area contributed by atoms with Crippen molar-refractivity contribution in [1.82, 2.24) is 4.90 Å². The van der Waals surface area contributed by atoms with Crippen LogP contribution in [0, 0.1) is 5.92 Å². The quantitative estimate of drug-likeness (QED) is 0.742. The average Bonchev–Trinajstić information content (AvgIpc) is 3.22. The molecular weight excluding hydrogens is 322 g/mol. The number of hydrogen-bond acceptors (Lipinski definition) is 3. The van der Waals surface area contributed by atoms with Crippen LogP contribution in [0.25, 0.3) is 0 Å². The van der Waals surface area contributed by atoms with E-state index in [2.05, 4.69) is 4.90 Å². The minimum Gasteiger partial charge on any atom is -0.472 e. The predicted molar refractivity (Wildman–Crippen MR) is 103 cm³/mol. The highest BCUT2D eigenvalue weighted by molar-refractivity contribution is 5.37. The van der Waals surface area contributed by atoms with Crippen LogP contribution in [-0.2, 0) is 12.1 Å². The number of furan rings is 1. The van der Waals surface area contributed by atoms with Gasteiger partial charge in [-0.05, 0) is 49.0 Å². The molecule has 0 unspecified atom stereocenters. The molecule has 2 heterocycles. The Morgan fingerprint density at radius 1 is 0.885 bits per heavy atom. The summed E-state index contributed by atoms with van der Waals surface area (Å²) in [6, 6.07) is 22.3. The Kier molecular flexibility index (Phi) is 4.91. The normalized spacial score (nSPS) is 16.7. The zero-order chi connectivity index (χ0) is 17.8. The maximum atomic E-state index is 11.9. The van der Waals surface area contributed by atoms with E-state index in [1.807, 2.05) is 73.0 Å². The van der Waals surface area contributed by atoms with Crippen LogP contribution in [0.5, 0.6) is 0 Å². The lowest BCUT2D eigenvalue weighted by molar-refractivity contribution is -0.0152. The Bertz CT molecular complexity index is 751. The molecular formula is C23H25NO2. The summed E-state index contributed by atoms with van der Waals surface area (Å²) in [6.07, 6.45) is 5.48. The van der Waals surface area contributed by atoms with E-state index < -0.39 is 5.60 Å². The summed E-state index contributed by atoms with van der Waals surface area (Å²) in [6.45, 7) is 2.88. The van der Waals surface area contributed by atoms with Crippen LogP contribution in [0.15, 0.2) is 83.7 Å². The predicted octanol–water partition coefficient (Wildman–Crippen LogP) is 4.43. The Morgan fingerprint density at radius 2 is 1.46 bits per heavy atom. The van der Waals surface area contributed by atoms with Crippen molar-refractivity contribution in [1.29, 1.82) is 0 Å². The van der Waals surface area contributed by atoms with Crippen molar-refractivity contribution in [2.45, 2.75) is 25.0 Å². The molecule has 134 valence electrons. The lowest BCUT2D eigenvalue weighted by atomic mass is 9.72. The summed E-state index contributed by atoms with van der Waals surface area (Å²) < 4.78 is 5.18. The molecule has 0 spiro atoms. The van der Waals surface area contributed by atoms with Crippen molar-refractivity contribution in [2.75, 3.05) is 13.1 Å².